The molecular formula is C28H35BN8O2. The van der Waals surface area contributed by atoms with E-state index >= 15 is 0 Å². The average molecular weight is 526 g/mol. The monoisotopic (exact) mass is 526 g/mol. The SMILES string of the molecule is Bc1cnc(Nc2cccc(NC(=O)N3CCCC3)c2)nc1NCCCNC(=O)C1Cc2ccccc2CN1. The van der Waals surface area contributed by atoms with Gasteiger partial charge in [-0.3, -0.25) is 4.79 Å². The van der Waals surface area contributed by atoms with Crippen LogP contribution in [-0.4, -0.2) is 66.9 Å². The van der Waals surface area contributed by atoms with E-state index in [1.54, 1.807) is 6.20 Å². The van der Waals surface area contributed by atoms with Gasteiger partial charge in [-0.25, -0.2) is 9.78 Å². The lowest BCUT2D eigenvalue weighted by Gasteiger charge is -2.25. The van der Waals surface area contributed by atoms with Crippen LogP contribution < -0.4 is 32.0 Å². The highest BCUT2D eigenvalue weighted by Gasteiger charge is 2.23. The summed E-state index contributed by atoms with van der Waals surface area (Å²) >= 11 is 0. The summed E-state index contributed by atoms with van der Waals surface area (Å²) in [5, 5.41) is 15.9. The Morgan fingerprint density at radius 1 is 1.03 bits per heavy atom. The molecule has 1 unspecified atom stereocenters. The first-order valence-corrected chi connectivity index (χ1v) is 13.6. The van der Waals surface area contributed by atoms with Crippen LogP contribution in [0, 0.1) is 0 Å². The standard InChI is InChI=1S/C28H35BN8O2/c29-23-18-33-27(34-21-9-5-10-22(16-21)35-28(39)37-13-3-4-14-37)36-25(23)30-11-6-12-31-26(38)24-15-19-7-1-2-8-20(19)17-32-24/h1-2,5,7-10,16,18,24,32H,3-4,6,11-15,17,29H2,(H,31,38)(H,35,39)(H2,30,33,34,36). The fraction of sp³-hybridized carbons (Fsp3) is 0.357. The number of urea groups is 1. The van der Waals surface area contributed by atoms with Gasteiger partial charge < -0.3 is 31.5 Å². The number of likely N-dealkylation sites (tertiary alicyclic amines) is 1. The Kier molecular flexibility index (Phi) is 8.57. The lowest BCUT2D eigenvalue weighted by atomic mass is 9.95. The first-order valence-electron chi connectivity index (χ1n) is 13.6. The maximum absolute atomic E-state index is 12.6. The molecule has 2 aliphatic rings. The summed E-state index contributed by atoms with van der Waals surface area (Å²) in [6, 6.07) is 15.5. The van der Waals surface area contributed by atoms with Crippen molar-refractivity contribution in [3.8, 4) is 0 Å². The quantitative estimate of drug-likeness (QED) is 0.213. The molecule has 3 heterocycles. The number of hydrogen-bond donors (Lipinski definition) is 5. The van der Waals surface area contributed by atoms with Gasteiger partial charge in [0.05, 0.1) is 6.04 Å². The Hall–Kier alpha value is -4.12. The summed E-state index contributed by atoms with van der Waals surface area (Å²) in [7, 11) is 1.95. The Morgan fingerprint density at radius 3 is 2.67 bits per heavy atom. The zero-order valence-electron chi connectivity index (χ0n) is 22.3. The maximum Gasteiger partial charge on any atom is 0.321 e. The van der Waals surface area contributed by atoms with Crippen molar-refractivity contribution in [1.29, 1.82) is 0 Å². The molecule has 0 saturated carbocycles. The van der Waals surface area contributed by atoms with Gasteiger partial charge in [-0.2, -0.15) is 4.98 Å². The van der Waals surface area contributed by atoms with Crippen molar-refractivity contribution in [3.05, 3.63) is 65.9 Å². The number of hydrogen-bond acceptors (Lipinski definition) is 7. The van der Waals surface area contributed by atoms with Crippen molar-refractivity contribution in [3.63, 3.8) is 0 Å². The Labute approximate surface area is 229 Å². The molecule has 11 heteroatoms. The minimum Gasteiger partial charge on any atom is -0.370 e. The van der Waals surface area contributed by atoms with Gasteiger partial charge in [0.25, 0.3) is 0 Å². The van der Waals surface area contributed by atoms with Gasteiger partial charge in [-0.05, 0) is 60.5 Å². The zero-order valence-corrected chi connectivity index (χ0v) is 22.3. The summed E-state index contributed by atoms with van der Waals surface area (Å²) in [6.45, 7) is 3.57. The summed E-state index contributed by atoms with van der Waals surface area (Å²) in [5.74, 6) is 1.24. The largest absolute Gasteiger partial charge is 0.370 e. The van der Waals surface area contributed by atoms with E-state index in [2.05, 4.69) is 48.7 Å². The molecule has 1 atom stereocenters. The summed E-state index contributed by atoms with van der Waals surface area (Å²) in [6.07, 6.45) is 5.35. The highest BCUT2D eigenvalue weighted by molar-refractivity contribution is 6.35. The van der Waals surface area contributed by atoms with E-state index in [1.807, 2.05) is 49.1 Å². The van der Waals surface area contributed by atoms with Crippen molar-refractivity contribution in [1.82, 2.24) is 25.5 Å². The van der Waals surface area contributed by atoms with Crippen LogP contribution in [0.1, 0.15) is 30.4 Å². The molecule has 0 aliphatic carbocycles. The Morgan fingerprint density at radius 2 is 1.82 bits per heavy atom. The first kappa shape index (κ1) is 26.5. The zero-order chi connectivity index (χ0) is 27.0. The smallest absolute Gasteiger partial charge is 0.321 e. The second-order valence-corrected chi connectivity index (χ2v) is 10.0. The van der Waals surface area contributed by atoms with Crippen LogP contribution in [-0.2, 0) is 17.8 Å². The third kappa shape index (κ3) is 7.05. The highest BCUT2D eigenvalue weighted by atomic mass is 16.2. The number of benzene rings is 2. The molecule has 1 aromatic heterocycles. The maximum atomic E-state index is 12.6. The number of aromatic nitrogens is 2. The molecule has 0 radical (unpaired) electrons. The average Bonchev–Trinajstić information content (AvgIpc) is 3.50. The molecule has 5 N–H and O–H groups in total. The van der Waals surface area contributed by atoms with Crippen molar-refractivity contribution in [2.45, 2.75) is 38.3 Å². The summed E-state index contributed by atoms with van der Waals surface area (Å²) in [4.78, 5) is 35.9. The van der Waals surface area contributed by atoms with Crippen molar-refractivity contribution >= 4 is 48.4 Å². The van der Waals surface area contributed by atoms with Crippen molar-refractivity contribution < 1.29 is 9.59 Å². The molecule has 2 aromatic carbocycles. The third-order valence-electron chi connectivity index (χ3n) is 7.08. The molecule has 2 aliphatic heterocycles. The van der Waals surface area contributed by atoms with Crippen LogP contribution in [0.2, 0.25) is 0 Å². The molecule has 0 spiro atoms. The van der Waals surface area contributed by atoms with Gasteiger partial charge in [0.2, 0.25) is 11.9 Å². The van der Waals surface area contributed by atoms with Crippen molar-refractivity contribution in [2.75, 3.05) is 42.1 Å². The lowest BCUT2D eigenvalue weighted by molar-refractivity contribution is -0.123. The van der Waals surface area contributed by atoms with Gasteiger partial charge in [0.1, 0.15) is 13.7 Å². The number of anilines is 4. The number of rotatable bonds is 9. The summed E-state index contributed by atoms with van der Waals surface area (Å²) in [5.41, 5.74) is 4.93. The highest BCUT2D eigenvalue weighted by Crippen LogP contribution is 2.20. The number of fused-ring (bicyclic) bond motifs is 1. The van der Waals surface area contributed by atoms with Crippen LogP contribution >= 0.6 is 0 Å². The molecule has 1 saturated heterocycles. The molecule has 202 valence electrons. The normalized spacial score (nSPS) is 16.3. The van der Waals surface area contributed by atoms with Crippen molar-refractivity contribution in [2.24, 2.45) is 0 Å². The Balaban J connectivity index is 1.07. The van der Waals surface area contributed by atoms with Gasteiger partial charge in [0, 0.05) is 50.3 Å². The first-order chi connectivity index (χ1) is 19.0. The number of carbonyl (C=O) groups is 2. The minimum atomic E-state index is -0.197. The van der Waals surface area contributed by atoms with Gasteiger partial charge in [-0.1, -0.05) is 30.3 Å². The molecule has 5 rings (SSSR count). The van der Waals surface area contributed by atoms with E-state index in [0.29, 0.717) is 25.5 Å². The number of nitrogens with zero attached hydrogens (tertiary/aromatic N) is 3. The van der Waals surface area contributed by atoms with Crippen LogP contribution in [0.15, 0.2) is 54.7 Å². The van der Waals surface area contributed by atoms with E-state index in [-0.39, 0.29) is 18.0 Å². The number of carbonyl (C=O) groups excluding carboxylic acids is 2. The van der Waals surface area contributed by atoms with E-state index in [0.717, 1.165) is 61.6 Å². The molecule has 3 amide bonds. The fourth-order valence-electron chi connectivity index (χ4n) is 4.88. The van der Waals surface area contributed by atoms with E-state index < -0.39 is 0 Å². The molecular weight excluding hydrogens is 491 g/mol. The summed E-state index contributed by atoms with van der Waals surface area (Å²) < 4.78 is 0. The minimum absolute atomic E-state index is 0.0352. The molecule has 1 fully saturated rings. The number of nitrogens with one attached hydrogen (secondary N) is 5. The van der Waals surface area contributed by atoms with Gasteiger partial charge >= 0.3 is 6.03 Å². The predicted molar refractivity (Wildman–Crippen MR) is 157 cm³/mol. The second kappa shape index (κ2) is 12.6. The van der Waals surface area contributed by atoms with Gasteiger partial charge in [-0.15, -0.1) is 0 Å². The van der Waals surface area contributed by atoms with E-state index in [9.17, 15) is 9.59 Å². The Bertz CT molecular complexity index is 1310. The van der Waals surface area contributed by atoms with E-state index in [1.165, 1.54) is 11.1 Å². The molecule has 10 nitrogen and oxygen atoms in total. The lowest BCUT2D eigenvalue weighted by Crippen LogP contribution is -2.48. The fourth-order valence-corrected chi connectivity index (χ4v) is 4.88. The van der Waals surface area contributed by atoms with Crippen LogP contribution in [0.25, 0.3) is 0 Å². The van der Waals surface area contributed by atoms with E-state index in [4.69, 9.17) is 0 Å². The van der Waals surface area contributed by atoms with Crippen LogP contribution in [0.4, 0.5) is 27.9 Å². The third-order valence-corrected chi connectivity index (χ3v) is 7.08. The van der Waals surface area contributed by atoms with Gasteiger partial charge in [0.15, 0.2) is 0 Å². The topological polar surface area (TPSA) is 123 Å². The molecule has 39 heavy (non-hydrogen) atoms. The van der Waals surface area contributed by atoms with Crippen LogP contribution in [0.5, 0.6) is 0 Å². The predicted octanol–water partition coefficient (Wildman–Crippen LogP) is 1.74. The number of amides is 3. The second-order valence-electron chi connectivity index (χ2n) is 10.0. The molecule has 0 bridgehead atoms. The molecule has 3 aromatic rings. The van der Waals surface area contributed by atoms with Crippen LogP contribution in [0.3, 0.4) is 0 Å².